The highest BCUT2D eigenvalue weighted by Gasteiger charge is 2.19. The number of likely N-dealkylation sites (N-methyl/N-ethyl adjacent to an activating group) is 2. The Morgan fingerprint density at radius 3 is 2.75 bits per heavy atom. The summed E-state index contributed by atoms with van der Waals surface area (Å²) in [6.45, 7) is 7.78. The Balaban J connectivity index is 2.40. The normalized spacial score (nSPS) is 21.6. The lowest BCUT2D eigenvalue weighted by atomic mass is 10.2. The van der Waals surface area contributed by atoms with Crippen LogP contribution >= 0.6 is 0 Å². The SMILES string of the molecule is CCNC(CN1CCCN(C)CC1)C(N)=O. The van der Waals surface area contributed by atoms with Gasteiger partial charge in [-0.05, 0) is 33.1 Å². The molecule has 0 saturated carbocycles. The van der Waals surface area contributed by atoms with E-state index in [1.165, 1.54) is 0 Å². The van der Waals surface area contributed by atoms with E-state index in [0.29, 0.717) is 0 Å². The molecule has 0 aromatic heterocycles. The van der Waals surface area contributed by atoms with E-state index in [0.717, 1.165) is 45.7 Å². The van der Waals surface area contributed by atoms with Gasteiger partial charge in [-0.25, -0.2) is 0 Å². The molecule has 1 fully saturated rings. The summed E-state index contributed by atoms with van der Waals surface area (Å²) < 4.78 is 0. The van der Waals surface area contributed by atoms with E-state index in [2.05, 4.69) is 22.2 Å². The maximum Gasteiger partial charge on any atom is 0.235 e. The standard InChI is InChI=1S/C11H24N4O/c1-3-13-10(11(12)16)9-15-6-4-5-14(2)7-8-15/h10,13H,3-9H2,1-2H3,(H2,12,16). The summed E-state index contributed by atoms with van der Waals surface area (Å²) in [5, 5.41) is 3.13. The zero-order valence-electron chi connectivity index (χ0n) is 10.4. The summed E-state index contributed by atoms with van der Waals surface area (Å²) in [5.41, 5.74) is 5.37. The van der Waals surface area contributed by atoms with Crippen LogP contribution in [0.3, 0.4) is 0 Å². The fourth-order valence-corrected chi connectivity index (χ4v) is 2.04. The Labute approximate surface area is 98.0 Å². The zero-order chi connectivity index (χ0) is 12.0. The van der Waals surface area contributed by atoms with Crippen LogP contribution in [0.5, 0.6) is 0 Å². The van der Waals surface area contributed by atoms with Gasteiger partial charge in [0.2, 0.25) is 5.91 Å². The summed E-state index contributed by atoms with van der Waals surface area (Å²) in [6.07, 6.45) is 1.16. The molecule has 94 valence electrons. The molecule has 0 aliphatic carbocycles. The number of hydrogen-bond acceptors (Lipinski definition) is 4. The van der Waals surface area contributed by atoms with E-state index >= 15 is 0 Å². The second-order valence-corrected chi connectivity index (χ2v) is 4.47. The van der Waals surface area contributed by atoms with Crippen molar-refractivity contribution in [2.45, 2.75) is 19.4 Å². The Hall–Kier alpha value is -0.650. The van der Waals surface area contributed by atoms with Gasteiger partial charge in [-0.3, -0.25) is 9.69 Å². The van der Waals surface area contributed by atoms with Crippen LogP contribution in [0.4, 0.5) is 0 Å². The van der Waals surface area contributed by atoms with Gasteiger partial charge in [-0.1, -0.05) is 6.92 Å². The molecule has 0 bridgehead atoms. The van der Waals surface area contributed by atoms with Crippen molar-refractivity contribution in [3.63, 3.8) is 0 Å². The van der Waals surface area contributed by atoms with Gasteiger partial charge >= 0.3 is 0 Å². The van der Waals surface area contributed by atoms with E-state index < -0.39 is 0 Å². The minimum Gasteiger partial charge on any atom is -0.368 e. The molecule has 5 nitrogen and oxygen atoms in total. The molecule has 16 heavy (non-hydrogen) atoms. The third-order valence-electron chi connectivity index (χ3n) is 3.05. The molecule has 0 radical (unpaired) electrons. The smallest absolute Gasteiger partial charge is 0.235 e. The molecule has 1 aliphatic heterocycles. The average molecular weight is 228 g/mol. The fraction of sp³-hybridized carbons (Fsp3) is 0.909. The number of amides is 1. The van der Waals surface area contributed by atoms with Crippen molar-refractivity contribution in [3.8, 4) is 0 Å². The van der Waals surface area contributed by atoms with Crippen LogP contribution in [0.2, 0.25) is 0 Å². The van der Waals surface area contributed by atoms with Crippen molar-refractivity contribution in [2.75, 3.05) is 46.3 Å². The summed E-state index contributed by atoms with van der Waals surface area (Å²) in [4.78, 5) is 15.9. The Morgan fingerprint density at radius 1 is 1.38 bits per heavy atom. The summed E-state index contributed by atoms with van der Waals surface area (Å²) in [7, 11) is 2.14. The van der Waals surface area contributed by atoms with Crippen molar-refractivity contribution in [1.29, 1.82) is 0 Å². The highest BCUT2D eigenvalue weighted by molar-refractivity contribution is 5.80. The third-order valence-corrected chi connectivity index (χ3v) is 3.05. The number of nitrogens with two attached hydrogens (primary N) is 1. The monoisotopic (exact) mass is 228 g/mol. The minimum absolute atomic E-state index is 0.214. The quantitative estimate of drug-likeness (QED) is 0.639. The summed E-state index contributed by atoms with van der Waals surface area (Å²) >= 11 is 0. The first-order valence-corrected chi connectivity index (χ1v) is 6.07. The largest absolute Gasteiger partial charge is 0.368 e. The van der Waals surface area contributed by atoms with Gasteiger partial charge < -0.3 is 16.0 Å². The first kappa shape index (κ1) is 13.4. The summed E-state index contributed by atoms with van der Waals surface area (Å²) in [5.74, 6) is -0.251. The van der Waals surface area contributed by atoms with Crippen LogP contribution in [0.1, 0.15) is 13.3 Å². The summed E-state index contributed by atoms with van der Waals surface area (Å²) in [6, 6.07) is -0.214. The molecular weight excluding hydrogens is 204 g/mol. The number of rotatable bonds is 5. The van der Waals surface area contributed by atoms with Crippen molar-refractivity contribution in [3.05, 3.63) is 0 Å². The lowest BCUT2D eigenvalue weighted by Crippen LogP contribution is -2.49. The van der Waals surface area contributed by atoms with Crippen LogP contribution in [-0.2, 0) is 4.79 Å². The predicted octanol–water partition coefficient (Wildman–Crippen LogP) is -0.913. The maximum absolute atomic E-state index is 11.2. The van der Waals surface area contributed by atoms with E-state index in [1.807, 2.05) is 6.92 Å². The molecule has 3 N–H and O–H groups in total. The number of nitrogens with one attached hydrogen (secondary N) is 1. The lowest BCUT2D eigenvalue weighted by Gasteiger charge is -2.24. The van der Waals surface area contributed by atoms with Gasteiger partial charge in [0.05, 0.1) is 6.04 Å². The number of carbonyl (C=O) groups is 1. The Bertz CT molecular complexity index is 222. The zero-order valence-corrected chi connectivity index (χ0v) is 10.4. The number of hydrogen-bond donors (Lipinski definition) is 2. The molecule has 1 saturated heterocycles. The average Bonchev–Trinajstić information content (AvgIpc) is 2.43. The maximum atomic E-state index is 11.2. The first-order chi connectivity index (χ1) is 7.63. The molecule has 1 aliphatic rings. The van der Waals surface area contributed by atoms with Crippen molar-refractivity contribution >= 4 is 5.91 Å². The van der Waals surface area contributed by atoms with Crippen molar-refractivity contribution < 1.29 is 4.79 Å². The van der Waals surface area contributed by atoms with E-state index in [-0.39, 0.29) is 11.9 Å². The van der Waals surface area contributed by atoms with Crippen molar-refractivity contribution in [1.82, 2.24) is 15.1 Å². The van der Waals surface area contributed by atoms with Gasteiger partial charge in [0.1, 0.15) is 0 Å². The minimum atomic E-state index is -0.251. The second kappa shape index (κ2) is 6.83. The van der Waals surface area contributed by atoms with Gasteiger partial charge in [-0.2, -0.15) is 0 Å². The fourth-order valence-electron chi connectivity index (χ4n) is 2.04. The molecular formula is C11H24N4O. The molecule has 1 heterocycles. The lowest BCUT2D eigenvalue weighted by molar-refractivity contribution is -0.120. The molecule has 1 atom stereocenters. The molecule has 1 amide bonds. The third kappa shape index (κ3) is 4.47. The number of nitrogens with zero attached hydrogens (tertiary/aromatic N) is 2. The molecule has 5 heteroatoms. The number of carbonyl (C=O) groups excluding carboxylic acids is 1. The Morgan fingerprint density at radius 2 is 2.12 bits per heavy atom. The van der Waals surface area contributed by atoms with E-state index in [1.54, 1.807) is 0 Å². The van der Waals surface area contributed by atoms with Gasteiger partial charge in [0, 0.05) is 19.6 Å². The van der Waals surface area contributed by atoms with Gasteiger partial charge in [0.15, 0.2) is 0 Å². The molecule has 0 aromatic carbocycles. The van der Waals surface area contributed by atoms with Crippen molar-refractivity contribution in [2.24, 2.45) is 5.73 Å². The second-order valence-electron chi connectivity index (χ2n) is 4.47. The van der Waals surface area contributed by atoms with Gasteiger partial charge in [-0.15, -0.1) is 0 Å². The van der Waals surface area contributed by atoms with E-state index in [4.69, 9.17) is 5.73 Å². The highest BCUT2D eigenvalue weighted by atomic mass is 16.1. The topological polar surface area (TPSA) is 61.6 Å². The predicted molar refractivity (Wildman–Crippen MR) is 65.2 cm³/mol. The molecule has 0 spiro atoms. The van der Waals surface area contributed by atoms with Crippen LogP contribution in [0.15, 0.2) is 0 Å². The molecule has 1 rings (SSSR count). The van der Waals surface area contributed by atoms with Gasteiger partial charge in [0.25, 0.3) is 0 Å². The Kier molecular flexibility index (Phi) is 5.73. The number of primary amides is 1. The van der Waals surface area contributed by atoms with E-state index in [9.17, 15) is 4.79 Å². The molecule has 1 unspecified atom stereocenters. The first-order valence-electron chi connectivity index (χ1n) is 6.07. The molecule has 0 aromatic rings. The highest BCUT2D eigenvalue weighted by Crippen LogP contribution is 2.02. The van der Waals surface area contributed by atoms with Crippen LogP contribution in [0, 0.1) is 0 Å². The van der Waals surface area contributed by atoms with Crippen LogP contribution in [0.25, 0.3) is 0 Å². The van der Waals surface area contributed by atoms with Crippen LogP contribution in [-0.4, -0.2) is 68.1 Å². The van der Waals surface area contributed by atoms with Crippen LogP contribution < -0.4 is 11.1 Å².